The SMILES string of the molecule is O=C(C[NH+]1CCc2sccc2[C@H]1c1cccs1)Nc1ccc(F)cc1. The summed E-state index contributed by atoms with van der Waals surface area (Å²) in [4.78, 5) is 16.5. The van der Waals surface area contributed by atoms with E-state index in [1.165, 1.54) is 32.4 Å². The summed E-state index contributed by atoms with van der Waals surface area (Å²) in [6, 6.07) is 12.5. The first kappa shape index (κ1) is 16.4. The molecule has 3 nitrogen and oxygen atoms in total. The maximum absolute atomic E-state index is 13.0. The fourth-order valence-electron chi connectivity index (χ4n) is 3.39. The van der Waals surface area contributed by atoms with Crippen LogP contribution in [0.15, 0.2) is 53.2 Å². The van der Waals surface area contributed by atoms with E-state index in [1.54, 1.807) is 34.8 Å². The van der Waals surface area contributed by atoms with Crippen LogP contribution in [0.2, 0.25) is 0 Å². The number of nitrogens with one attached hydrogen (secondary N) is 2. The Morgan fingerprint density at radius 2 is 2.00 bits per heavy atom. The van der Waals surface area contributed by atoms with Gasteiger partial charge in [-0.05, 0) is 47.2 Å². The minimum Gasteiger partial charge on any atom is -0.321 e. The number of amides is 1. The minimum atomic E-state index is -0.303. The van der Waals surface area contributed by atoms with Crippen LogP contribution in [0.1, 0.15) is 21.4 Å². The van der Waals surface area contributed by atoms with Crippen molar-refractivity contribution < 1.29 is 14.1 Å². The molecule has 3 aromatic rings. The molecule has 0 spiro atoms. The van der Waals surface area contributed by atoms with E-state index < -0.39 is 0 Å². The number of anilines is 1. The van der Waals surface area contributed by atoms with Crippen LogP contribution in [0.25, 0.3) is 0 Å². The van der Waals surface area contributed by atoms with Gasteiger partial charge in [-0.3, -0.25) is 4.79 Å². The highest BCUT2D eigenvalue weighted by molar-refractivity contribution is 7.10. The number of carbonyl (C=O) groups excluding carboxylic acids is 1. The monoisotopic (exact) mass is 373 g/mol. The van der Waals surface area contributed by atoms with Gasteiger partial charge in [-0.2, -0.15) is 0 Å². The van der Waals surface area contributed by atoms with Crippen molar-refractivity contribution in [2.45, 2.75) is 12.5 Å². The third kappa shape index (κ3) is 3.51. The third-order valence-corrected chi connectivity index (χ3v) is 6.45. The number of hydrogen-bond donors (Lipinski definition) is 2. The number of carbonyl (C=O) groups is 1. The third-order valence-electron chi connectivity index (χ3n) is 4.52. The second-order valence-corrected chi connectivity index (χ2v) is 8.12. The van der Waals surface area contributed by atoms with E-state index in [9.17, 15) is 9.18 Å². The zero-order chi connectivity index (χ0) is 17.2. The maximum atomic E-state index is 13.0. The molecular formula is C19H18FN2OS2+. The molecule has 25 heavy (non-hydrogen) atoms. The van der Waals surface area contributed by atoms with E-state index in [-0.39, 0.29) is 17.8 Å². The summed E-state index contributed by atoms with van der Waals surface area (Å²) in [7, 11) is 0. The van der Waals surface area contributed by atoms with E-state index in [0.717, 1.165) is 13.0 Å². The number of thiophene rings is 2. The molecule has 4 rings (SSSR count). The molecule has 0 aliphatic carbocycles. The smallest absolute Gasteiger partial charge is 0.279 e. The molecule has 1 aliphatic heterocycles. The summed E-state index contributed by atoms with van der Waals surface area (Å²) in [5.41, 5.74) is 1.98. The highest BCUT2D eigenvalue weighted by Gasteiger charge is 2.35. The Kier molecular flexibility index (Phi) is 4.65. The molecule has 0 fully saturated rings. The second kappa shape index (κ2) is 7.07. The Bertz CT molecular complexity index is 858. The van der Waals surface area contributed by atoms with E-state index >= 15 is 0 Å². The topological polar surface area (TPSA) is 33.5 Å². The van der Waals surface area contributed by atoms with Gasteiger partial charge < -0.3 is 10.2 Å². The van der Waals surface area contributed by atoms with Crippen molar-refractivity contribution in [3.8, 4) is 0 Å². The Hall–Kier alpha value is -2.02. The molecule has 0 saturated heterocycles. The van der Waals surface area contributed by atoms with Gasteiger partial charge in [0.15, 0.2) is 6.54 Å². The van der Waals surface area contributed by atoms with Crippen molar-refractivity contribution in [3.05, 3.63) is 74.4 Å². The molecule has 128 valence electrons. The van der Waals surface area contributed by atoms with E-state index in [0.29, 0.717) is 12.2 Å². The summed E-state index contributed by atoms with van der Waals surface area (Å²) >= 11 is 3.55. The molecule has 1 unspecified atom stereocenters. The molecule has 2 N–H and O–H groups in total. The van der Waals surface area contributed by atoms with Crippen molar-refractivity contribution in [1.29, 1.82) is 0 Å². The molecule has 1 aromatic carbocycles. The molecule has 6 heteroatoms. The Labute approximate surface area is 153 Å². The van der Waals surface area contributed by atoms with E-state index in [1.807, 2.05) is 0 Å². The summed E-state index contributed by atoms with van der Waals surface area (Å²) in [5, 5.41) is 7.11. The van der Waals surface area contributed by atoms with Gasteiger partial charge in [-0.1, -0.05) is 6.07 Å². The van der Waals surface area contributed by atoms with Gasteiger partial charge >= 0.3 is 0 Å². The average Bonchev–Trinajstić information content (AvgIpc) is 3.28. The number of benzene rings is 1. The second-order valence-electron chi connectivity index (χ2n) is 6.14. The first-order chi connectivity index (χ1) is 12.2. The molecule has 1 aliphatic rings. The number of rotatable bonds is 4. The molecule has 2 aromatic heterocycles. The lowest BCUT2D eigenvalue weighted by atomic mass is 9.98. The van der Waals surface area contributed by atoms with Crippen molar-refractivity contribution >= 4 is 34.3 Å². The fourth-order valence-corrected chi connectivity index (χ4v) is 5.22. The highest BCUT2D eigenvalue weighted by atomic mass is 32.1. The minimum absolute atomic E-state index is 0.0400. The quantitative estimate of drug-likeness (QED) is 0.724. The molecule has 0 bridgehead atoms. The van der Waals surface area contributed by atoms with Gasteiger partial charge in [-0.15, -0.1) is 22.7 Å². The van der Waals surface area contributed by atoms with Crippen LogP contribution in [0.4, 0.5) is 10.1 Å². The zero-order valence-corrected chi connectivity index (χ0v) is 15.1. The molecule has 2 atom stereocenters. The molecule has 0 radical (unpaired) electrons. The lowest BCUT2D eigenvalue weighted by molar-refractivity contribution is -0.919. The van der Waals surface area contributed by atoms with Crippen molar-refractivity contribution in [2.75, 3.05) is 18.4 Å². The van der Waals surface area contributed by atoms with E-state index in [4.69, 9.17) is 0 Å². The first-order valence-electron chi connectivity index (χ1n) is 8.20. The Morgan fingerprint density at radius 1 is 1.16 bits per heavy atom. The molecular weight excluding hydrogens is 355 g/mol. The predicted molar refractivity (Wildman–Crippen MR) is 99.9 cm³/mol. The van der Waals surface area contributed by atoms with Crippen LogP contribution in [-0.4, -0.2) is 19.0 Å². The van der Waals surface area contributed by atoms with Gasteiger partial charge in [0.2, 0.25) is 0 Å². The maximum Gasteiger partial charge on any atom is 0.279 e. The van der Waals surface area contributed by atoms with Crippen LogP contribution in [0.3, 0.4) is 0 Å². The summed E-state index contributed by atoms with van der Waals surface area (Å²) in [6.45, 7) is 1.34. The molecule has 3 heterocycles. The van der Waals surface area contributed by atoms with E-state index in [2.05, 4.69) is 34.3 Å². The van der Waals surface area contributed by atoms with Gasteiger partial charge in [-0.25, -0.2) is 4.39 Å². The summed E-state index contributed by atoms with van der Waals surface area (Å²) in [5.74, 6) is -0.343. The van der Waals surface area contributed by atoms with Crippen LogP contribution in [0.5, 0.6) is 0 Å². The van der Waals surface area contributed by atoms with Gasteiger partial charge in [0.25, 0.3) is 5.91 Å². The van der Waals surface area contributed by atoms with Crippen LogP contribution in [-0.2, 0) is 11.2 Å². The Morgan fingerprint density at radius 3 is 2.76 bits per heavy atom. The van der Waals surface area contributed by atoms with Crippen molar-refractivity contribution in [2.24, 2.45) is 0 Å². The Balaban J connectivity index is 1.52. The highest BCUT2D eigenvalue weighted by Crippen LogP contribution is 2.31. The molecule has 1 amide bonds. The lowest BCUT2D eigenvalue weighted by Crippen LogP contribution is -3.14. The fraction of sp³-hybridized carbons (Fsp3) is 0.211. The summed E-state index contributed by atoms with van der Waals surface area (Å²) in [6.07, 6.45) is 1.01. The number of hydrogen-bond acceptors (Lipinski definition) is 3. The summed E-state index contributed by atoms with van der Waals surface area (Å²) < 4.78 is 13.0. The van der Waals surface area contributed by atoms with Crippen molar-refractivity contribution in [3.63, 3.8) is 0 Å². The normalized spacial score (nSPS) is 19.4. The van der Waals surface area contributed by atoms with Crippen molar-refractivity contribution in [1.82, 2.24) is 0 Å². The first-order valence-corrected chi connectivity index (χ1v) is 9.96. The van der Waals surface area contributed by atoms with Gasteiger partial charge in [0, 0.05) is 22.5 Å². The number of halogens is 1. The predicted octanol–water partition coefficient (Wildman–Crippen LogP) is 3.12. The largest absolute Gasteiger partial charge is 0.321 e. The van der Waals surface area contributed by atoms with Crippen LogP contribution < -0.4 is 10.2 Å². The average molecular weight is 373 g/mol. The van der Waals surface area contributed by atoms with Gasteiger partial charge in [0.1, 0.15) is 11.9 Å². The number of fused-ring (bicyclic) bond motifs is 1. The molecule has 0 saturated carbocycles. The zero-order valence-electron chi connectivity index (χ0n) is 13.5. The lowest BCUT2D eigenvalue weighted by Gasteiger charge is -2.31. The standard InChI is InChI=1S/C19H17FN2OS2/c20-13-3-5-14(6-4-13)21-18(23)12-22-9-7-16-15(8-11-25-16)19(22)17-2-1-10-24-17/h1-6,8,10-11,19H,7,9,12H2,(H,21,23)/p+1/t19-/m0/s1. The number of quaternary nitrogens is 1. The van der Waals surface area contributed by atoms with Crippen LogP contribution >= 0.6 is 22.7 Å². The van der Waals surface area contributed by atoms with Gasteiger partial charge in [0.05, 0.1) is 11.4 Å². The van der Waals surface area contributed by atoms with Crippen LogP contribution in [0, 0.1) is 5.82 Å².